The van der Waals surface area contributed by atoms with Crippen molar-refractivity contribution in [3.05, 3.63) is 29.0 Å². The molecule has 0 saturated heterocycles. The fourth-order valence-electron chi connectivity index (χ4n) is 1.18. The van der Waals surface area contributed by atoms with Crippen LogP contribution in [0.5, 0.6) is 0 Å². The Morgan fingerprint density at radius 2 is 2.11 bits per heavy atom. The summed E-state index contributed by atoms with van der Waals surface area (Å²) in [6.07, 6.45) is 0.492. The summed E-state index contributed by atoms with van der Waals surface area (Å²) in [7, 11) is -3.79. The maximum Gasteiger partial charge on any atom is 0.242 e. The monoisotopic (exact) mass is 316 g/mol. The average molecular weight is 317 g/mol. The molecule has 0 bridgehead atoms. The molecule has 1 rings (SSSR count). The summed E-state index contributed by atoms with van der Waals surface area (Å²) < 4.78 is 38.8. The summed E-state index contributed by atoms with van der Waals surface area (Å²) in [5.74, 6) is -0.651. The van der Waals surface area contributed by atoms with Crippen molar-refractivity contribution >= 4 is 34.0 Å². The first-order valence-corrected chi connectivity index (χ1v) is 6.89. The van der Waals surface area contributed by atoms with Crippen LogP contribution in [0.15, 0.2) is 23.1 Å². The van der Waals surface area contributed by atoms with Gasteiger partial charge in [0.25, 0.3) is 0 Å². The lowest BCUT2D eigenvalue weighted by atomic mass is 10.3. The lowest BCUT2D eigenvalue weighted by Gasteiger charge is -2.09. The number of benzene rings is 1. The molecule has 0 saturated carbocycles. The molecule has 4 nitrogen and oxygen atoms in total. The molecule has 0 heterocycles. The van der Waals surface area contributed by atoms with Gasteiger partial charge in [0.05, 0.1) is 5.02 Å². The van der Waals surface area contributed by atoms with E-state index in [1.165, 1.54) is 6.07 Å². The number of nitrogens with two attached hydrogens (primary N) is 1. The number of hydrogen-bond acceptors (Lipinski definition) is 3. The molecule has 1 unspecified atom stereocenters. The molecule has 104 valence electrons. The Morgan fingerprint density at radius 1 is 1.50 bits per heavy atom. The zero-order chi connectivity index (χ0) is 13.1. The molecular weight excluding hydrogens is 302 g/mol. The molecule has 0 aromatic heterocycles. The first kappa shape index (κ1) is 17.6. The summed E-state index contributed by atoms with van der Waals surface area (Å²) >= 11 is 5.71. The van der Waals surface area contributed by atoms with Crippen LogP contribution in [0.2, 0.25) is 5.02 Å². The molecule has 1 aromatic carbocycles. The normalized spacial score (nSPS) is 12.9. The summed E-state index contributed by atoms with van der Waals surface area (Å²) in [5, 5.41) is -0.0142. The van der Waals surface area contributed by atoms with E-state index in [2.05, 4.69) is 4.72 Å². The zero-order valence-corrected chi connectivity index (χ0v) is 12.1. The molecular formula is C10H15Cl2FN2O2S. The maximum atomic E-state index is 13.0. The van der Waals surface area contributed by atoms with Crippen molar-refractivity contribution < 1.29 is 12.8 Å². The van der Waals surface area contributed by atoms with Crippen LogP contribution < -0.4 is 10.5 Å². The number of nitrogens with one attached hydrogen (secondary N) is 1. The Morgan fingerprint density at radius 3 is 2.67 bits per heavy atom. The second-order valence-corrected chi connectivity index (χ2v) is 5.88. The Kier molecular flexibility index (Phi) is 7.09. The minimum Gasteiger partial charge on any atom is -0.328 e. The average Bonchev–Trinajstić information content (AvgIpc) is 2.20. The molecule has 0 amide bonds. The van der Waals surface area contributed by atoms with Gasteiger partial charge in [-0.15, -0.1) is 12.4 Å². The van der Waals surface area contributed by atoms with Crippen LogP contribution in [-0.4, -0.2) is 21.0 Å². The fourth-order valence-corrected chi connectivity index (χ4v) is 2.74. The van der Waals surface area contributed by atoms with E-state index in [-0.39, 0.29) is 34.9 Å². The van der Waals surface area contributed by atoms with E-state index < -0.39 is 15.8 Å². The van der Waals surface area contributed by atoms with Gasteiger partial charge < -0.3 is 5.73 Å². The van der Waals surface area contributed by atoms with Crippen LogP contribution in [-0.2, 0) is 10.0 Å². The predicted octanol–water partition coefficient (Wildman–Crippen LogP) is 1.92. The van der Waals surface area contributed by atoms with Gasteiger partial charge in [0, 0.05) is 12.6 Å². The van der Waals surface area contributed by atoms with Crippen molar-refractivity contribution in [2.45, 2.75) is 24.3 Å². The standard InChI is InChI=1S/C10H14ClFN2O2S.ClH/c1-7(13)4-5-14-17(15,16)10-6-8(12)2-3-9(10)11;/h2-3,6-7,14H,4-5,13H2,1H3;1H. The SMILES string of the molecule is CC(N)CCNS(=O)(=O)c1cc(F)ccc1Cl.Cl. The zero-order valence-electron chi connectivity index (χ0n) is 9.69. The van der Waals surface area contributed by atoms with Crippen molar-refractivity contribution in [3.63, 3.8) is 0 Å². The van der Waals surface area contributed by atoms with Gasteiger partial charge in [-0.05, 0) is 31.5 Å². The number of hydrogen-bond donors (Lipinski definition) is 2. The van der Waals surface area contributed by atoms with E-state index in [1.54, 1.807) is 6.92 Å². The van der Waals surface area contributed by atoms with E-state index in [0.29, 0.717) is 6.42 Å². The topological polar surface area (TPSA) is 72.2 Å². The summed E-state index contributed by atoms with van der Waals surface area (Å²) in [6, 6.07) is 3.08. The summed E-state index contributed by atoms with van der Waals surface area (Å²) in [4.78, 5) is -0.260. The molecule has 0 fully saturated rings. The Balaban J connectivity index is 0.00000289. The van der Waals surface area contributed by atoms with Gasteiger partial charge in [-0.2, -0.15) is 0 Å². The highest BCUT2D eigenvalue weighted by molar-refractivity contribution is 7.89. The molecule has 1 aromatic rings. The first-order chi connectivity index (χ1) is 7.83. The van der Waals surface area contributed by atoms with Crippen molar-refractivity contribution in [2.75, 3.05) is 6.54 Å². The molecule has 3 N–H and O–H groups in total. The van der Waals surface area contributed by atoms with E-state index in [0.717, 1.165) is 12.1 Å². The van der Waals surface area contributed by atoms with E-state index >= 15 is 0 Å². The minimum absolute atomic E-state index is 0. The molecule has 18 heavy (non-hydrogen) atoms. The predicted molar refractivity (Wildman–Crippen MR) is 72.1 cm³/mol. The number of rotatable bonds is 5. The highest BCUT2D eigenvalue weighted by Crippen LogP contribution is 2.21. The largest absolute Gasteiger partial charge is 0.328 e. The lowest BCUT2D eigenvalue weighted by Crippen LogP contribution is -2.29. The van der Waals surface area contributed by atoms with Gasteiger partial charge in [0.1, 0.15) is 10.7 Å². The number of halogens is 3. The van der Waals surface area contributed by atoms with Crippen LogP contribution in [0.4, 0.5) is 4.39 Å². The lowest BCUT2D eigenvalue weighted by molar-refractivity contribution is 0.569. The van der Waals surface area contributed by atoms with Crippen LogP contribution in [0.3, 0.4) is 0 Å². The second-order valence-electron chi connectivity index (χ2n) is 3.74. The van der Waals surface area contributed by atoms with Crippen molar-refractivity contribution in [2.24, 2.45) is 5.73 Å². The van der Waals surface area contributed by atoms with Crippen molar-refractivity contribution in [1.29, 1.82) is 0 Å². The molecule has 0 radical (unpaired) electrons. The molecule has 0 aliphatic carbocycles. The Hall–Kier alpha value is -0.400. The van der Waals surface area contributed by atoms with E-state index in [4.69, 9.17) is 17.3 Å². The van der Waals surface area contributed by atoms with Gasteiger partial charge in [0.2, 0.25) is 10.0 Å². The third kappa shape index (κ3) is 5.07. The Bertz CT molecular complexity index is 495. The van der Waals surface area contributed by atoms with E-state index in [9.17, 15) is 12.8 Å². The van der Waals surface area contributed by atoms with E-state index in [1.807, 2.05) is 0 Å². The van der Waals surface area contributed by atoms with Crippen LogP contribution in [0, 0.1) is 5.82 Å². The van der Waals surface area contributed by atoms with Gasteiger partial charge in [-0.25, -0.2) is 17.5 Å². The fraction of sp³-hybridized carbons (Fsp3) is 0.400. The highest BCUT2D eigenvalue weighted by atomic mass is 35.5. The third-order valence-electron chi connectivity index (χ3n) is 2.07. The van der Waals surface area contributed by atoms with Gasteiger partial charge in [0.15, 0.2) is 0 Å². The highest BCUT2D eigenvalue weighted by Gasteiger charge is 2.18. The van der Waals surface area contributed by atoms with Gasteiger partial charge >= 0.3 is 0 Å². The number of sulfonamides is 1. The van der Waals surface area contributed by atoms with Crippen LogP contribution >= 0.6 is 24.0 Å². The second kappa shape index (κ2) is 7.25. The molecule has 8 heteroatoms. The summed E-state index contributed by atoms with van der Waals surface area (Å²) in [6.45, 7) is 1.95. The molecule has 0 aliphatic rings. The van der Waals surface area contributed by atoms with Crippen LogP contribution in [0.1, 0.15) is 13.3 Å². The third-order valence-corrected chi connectivity index (χ3v) is 4.02. The summed E-state index contributed by atoms with van der Waals surface area (Å²) in [5.41, 5.74) is 5.49. The molecule has 0 spiro atoms. The van der Waals surface area contributed by atoms with Crippen molar-refractivity contribution in [3.8, 4) is 0 Å². The van der Waals surface area contributed by atoms with Gasteiger partial charge in [-0.3, -0.25) is 0 Å². The van der Waals surface area contributed by atoms with Gasteiger partial charge in [-0.1, -0.05) is 11.6 Å². The smallest absolute Gasteiger partial charge is 0.242 e. The molecule has 0 aliphatic heterocycles. The maximum absolute atomic E-state index is 13.0. The first-order valence-electron chi connectivity index (χ1n) is 5.03. The minimum atomic E-state index is -3.79. The quantitative estimate of drug-likeness (QED) is 0.871. The van der Waals surface area contributed by atoms with Crippen LogP contribution in [0.25, 0.3) is 0 Å². The molecule has 1 atom stereocenters. The van der Waals surface area contributed by atoms with Crippen molar-refractivity contribution in [1.82, 2.24) is 4.72 Å². The Labute approximate surface area is 117 Å².